The Labute approximate surface area is 172 Å². The van der Waals surface area contributed by atoms with Crippen LogP contribution in [-0.4, -0.2) is 41.4 Å². The second-order valence-corrected chi connectivity index (χ2v) is 8.30. The fourth-order valence-corrected chi connectivity index (χ4v) is 4.42. The van der Waals surface area contributed by atoms with Crippen molar-refractivity contribution in [2.24, 2.45) is 0 Å². The van der Waals surface area contributed by atoms with E-state index in [0.29, 0.717) is 6.04 Å². The molecule has 1 saturated heterocycles. The SMILES string of the molecule is Cc1ccc(-c2ccc(C(=O)N3CC(N4CCc5ccccc5C4)C3)cc2)cc1. The van der Waals surface area contributed by atoms with E-state index < -0.39 is 0 Å². The smallest absolute Gasteiger partial charge is 0.253 e. The minimum absolute atomic E-state index is 0.147. The van der Waals surface area contributed by atoms with E-state index >= 15 is 0 Å². The zero-order chi connectivity index (χ0) is 19.8. The minimum atomic E-state index is 0.147. The van der Waals surface area contributed by atoms with E-state index in [1.807, 2.05) is 17.0 Å². The van der Waals surface area contributed by atoms with E-state index in [0.717, 1.165) is 43.7 Å². The largest absolute Gasteiger partial charge is 0.335 e. The summed E-state index contributed by atoms with van der Waals surface area (Å²) in [5.74, 6) is 0.147. The van der Waals surface area contributed by atoms with Crippen LogP contribution in [0.5, 0.6) is 0 Å². The fourth-order valence-electron chi connectivity index (χ4n) is 4.42. The van der Waals surface area contributed by atoms with Crippen molar-refractivity contribution in [1.29, 1.82) is 0 Å². The molecular weight excluding hydrogens is 356 g/mol. The molecule has 3 aromatic rings. The van der Waals surface area contributed by atoms with Gasteiger partial charge in [0.1, 0.15) is 0 Å². The topological polar surface area (TPSA) is 23.6 Å². The van der Waals surface area contributed by atoms with Crippen molar-refractivity contribution in [3.8, 4) is 11.1 Å². The molecule has 146 valence electrons. The molecule has 3 aromatic carbocycles. The molecular formula is C26H26N2O. The van der Waals surface area contributed by atoms with Crippen molar-refractivity contribution in [2.45, 2.75) is 25.9 Å². The molecule has 3 nitrogen and oxygen atoms in total. The van der Waals surface area contributed by atoms with Crippen LogP contribution in [-0.2, 0) is 13.0 Å². The van der Waals surface area contributed by atoms with Gasteiger partial charge in [-0.25, -0.2) is 0 Å². The molecule has 1 amide bonds. The molecule has 0 spiro atoms. The molecule has 0 radical (unpaired) electrons. The lowest BCUT2D eigenvalue weighted by Crippen LogP contribution is -2.61. The first-order chi connectivity index (χ1) is 14.2. The molecule has 0 saturated carbocycles. The Kier molecular flexibility index (Phi) is 4.69. The summed E-state index contributed by atoms with van der Waals surface area (Å²) in [5.41, 5.74) is 7.28. The molecule has 2 aliphatic heterocycles. The number of hydrogen-bond donors (Lipinski definition) is 0. The van der Waals surface area contributed by atoms with Crippen LogP contribution in [0.25, 0.3) is 11.1 Å². The van der Waals surface area contributed by atoms with Crippen molar-refractivity contribution >= 4 is 5.91 Å². The Morgan fingerprint density at radius 1 is 0.828 bits per heavy atom. The third-order valence-electron chi connectivity index (χ3n) is 6.34. The van der Waals surface area contributed by atoms with E-state index in [1.54, 1.807) is 0 Å². The summed E-state index contributed by atoms with van der Waals surface area (Å²) in [4.78, 5) is 17.4. The Balaban J connectivity index is 1.20. The summed E-state index contributed by atoms with van der Waals surface area (Å²) >= 11 is 0. The zero-order valence-corrected chi connectivity index (χ0v) is 16.8. The van der Waals surface area contributed by atoms with Gasteiger partial charge >= 0.3 is 0 Å². The van der Waals surface area contributed by atoms with Crippen LogP contribution < -0.4 is 0 Å². The summed E-state index contributed by atoms with van der Waals surface area (Å²) in [6.45, 7) is 5.86. The minimum Gasteiger partial charge on any atom is -0.335 e. The van der Waals surface area contributed by atoms with Crippen LogP contribution in [0.2, 0.25) is 0 Å². The Hall–Kier alpha value is -2.91. The van der Waals surface area contributed by atoms with Crippen LogP contribution in [0.4, 0.5) is 0 Å². The zero-order valence-electron chi connectivity index (χ0n) is 16.8. The maximum Gasteiger partial charge on any atom is 0.253 e. The molecule has 5 rings (SSSR count). The number of carbonyl (C=O) groups is 1. The number of nitrogens with zero attached hydrogens (tertiary/aromatic N) is 2. The highest BCUT2D eigenvalue weighted by atomic mass is 16.2. The molecule has 1 fully saturated rings. The van der Waals surface area contributed by atoms with E-state index in [4.69, 9.17) is 0 Å². The molecule has 0 unspecified atom stereocenters. The van der Waals surface area contributed by atoms with Gasteiger partial charge in [-0.05, 0) is 47.7 Å². The quantitative estimate of drug-likeness (QED) is 0.664. The third kappa shape index (κ3) is 3.58. The second-order valence-electron chi connectivity index (χ2n) is 8.30. The van der Waals surface area contributed by atoms with Crippen LogP contribution in [0.3, 0.4) is 0 Å². The number of rotatable bonds is 3. The molecule has 0 aromatic heterocycles. The molecule has 3 heteroatoms. The van der Waals surface area contributed by atoms with Gasteiger partial charge in [-0.3, -0.25) is 9.69 Å². The Bertz CT molecular complexity index is 1020. The van der Waals surface area contributed by atoms with Crippen molar-refractivity contribution in [2.75, 3.05) is 19.6 Å². The molecule has 0 atom stereocenters. The molecule has 2 aliphatic rings. The number of likely N-dealkylation sites (tertiary alicyclic amines) is 1. The number of fused-ring (bicyclic) bond motifs is 1. The number of aryl methyl sites for hydroxylation is 1. The summed E-state index contributed by atoms with van der Waals surface area (Å²) in [6.07, 6.45) is 1.11. The highest BCUT2D eigenvalue weighted by Gasteiger charge is 2.36. The molecule has 0 N–H and O–H groups in total. The predicted octanol–water partition coefficient (Wildman–Crippen LogP) is 4.54. The summed E-state index contributed by atoms with van der Waals surface area (Å²) in [5, 5.41) is 0. The standard InChI is InChI=1S/C26H26N2O/c1-19-6-8-21(9-7-19)22-10-12-23(13-11-22)26(29)28-17-25(18-28)27-15-14-20-4-2-3-5-24(20)16-27/h2-13,25H,14-18H2,1H3. The number of amides is 1. The normalized spacial score (nSPS) is 16.9. The highest BCUT2D eigenvalue weighted by Crippen LogP contribution is 2.26. The van der Waals surface area contributed by atoms with Crippen molar-refractivity contribution in [3.05, 3.63) is 95.1 Å². The van der Waals surface area contributed by atoms with Crippen LogP contribution in [0.1, 0.15) is 27.0 Å². The Morgan fingerprint density at radius 3 is 2.14 bits per heavy atom. The van der Waals surface area contributed by atoms with Crippen molar-refractivity contribution < 1.29 is 4.79 Å². The molecule has 29 heavy (non-hydrogen) atoms. The molecule has 0 bridgehead atoms. The third-order valence-corrected chi connectivity index (χ3v) is 6.34. The van der Waals surface area contributed by atoms with Crippen molar-refractivity contribution in [3.63, 3.8) is 0 Å². The van der Waals surface area contributed by atoms with Gasteiger partial charge in [-0.1, -0.05) is 66.2 Å². The summed E-state index contributed by atoms with van der Waals surface area (Å²) in [6, 6.07) is 25.7. The monoisotopic (exact) mass is 382 g/mol. The van der Waals surface area contributed by atoms with Crippen LogP contribution in [0, 0.1) is 6.92 Å². The van der Waals surface area contributed by atoms with Gasteiger partial charge in [0.15, 0.2) is 0 Å². The van der Waals surface area contributed by atoms with E-state index in [-0.39, 0.29) is 5.91 Å². The van der Waals surface area contributed by atoms with Crippen LogP contribution in [0.15, 0.2) is 72.8 Å². The van der Waals surface area contributed by atoms with Gasteiger partial charge in [-0.2, -0.15) is 0 Å². The van der Waals surface area contributed by atoms with Gasteiger partial charge in [0, 0.05) is 37.8 Å². The first-order valence-electron chi connectivity index (χ1n) is 10.4. The molecule has 2 heterocycles. The maximum atomic E-state index is 12.9. The lowest BCUT2D eigenvalue weighted by Gasteiger charge is -2.47. The van der Waals surface area contributed by atoms with Gasteiger partial charge < -0.3 is 4.90 Å². The first kappa shape index (κ1) is 18.1. The maximum absolute atomic E-state index is 12.9. The predicted molar refractivity (Wildman–Crippen MR) is 117 cm³/mol. The lowest BCUT2D eigenvalue weighted by molar-refractivity contribution is 0.0218. The summed E-state index contributed by atoms with van der Waals surface area (Å²) < 4.78 is 0. The lowest BCUT2D eigenvalue weighted by atomic mass is 9.96. The second kappa shape index (κ2) is 7.49. The van der Waals surface area contributed by atoms with Gasteiger partial charge in [0.05, 0.1) is 0 Å². The summed E-state index contributed by atoms with van der Waals surface area (Å²) in [7, 11) is 0. The van der Waals surface area contributed by atoms with Gasteiger partial charge in [0.2, 0.25) is 0 Å². The first-order valence-corrected chi connectivity index (χ1v) is 10.4. The van der Waals surface area contributed by atoms with E-state index in [9.17, 15) is 4.79 Å². The van der Waals surface area contributed by atoms with E-state index in [2.05, 4.69) is 72.5 Å². The van der Waals surface area contributed by atoms with Crippen LogP contribution >= 0.6 is 0 Å². The van der Waals surface area contributed by atoms with Gasteiger partial charge in [-0.15, -0.1) is 0 Å². The number of benzene rings is 3. The highest BCUT2D eigenvalue weighted by molar-refractivity contribution is 5.95. The number of hydrogen-bond acceptors (Lipinski definition) is 2. The molecule has 0 aliphatic carbocycles. The van der Waals surface area contributed by atoms with Gasteiger partial charge in [0.25, 0.3) is 5.91 Å². The van der Waals surface area contributed by atoms with Crippen molar-refractivity contribution in [1.82, 2.24) is 9.80 Å². The number of carbonyl (C=O) groups excluding carboxylic acids is 1. The average Bonchev–Trinajstić information content (AvgIpc) is 2.73. The fraction of sp³-hybridized carbons (Fsp3) is 0.269. The average molecular weight is 383 g/mol. The van der Waals surface area contributed by atoms with E-state index in [1.165, 1.54) is 22.3 Å². The Morgan fingerprint density at radius 2 is 1.45 bits per heavy atom.